The maximum absolute atomic E-state index is 12.9. The summed E-state index contributed by atoms with van der Waals surface area (Å²) in [5.74, 6) is -3.31. The third-order valence-electron chi connectivity index (χ3n) is 5.55. The molecule has 1 aromatic carbocycles. The van der Waals surface area contributed by atoms with Crippen LogP contribution in [0, 0.1) is 11.8 Å². The molecule has 0 unspecified atom stereocenters. The lowest BCUT2D eigenvalue weighted by Gasteiger charge is -2.36. The quantitative estimate of drug-likeness (QED) is 0.769. The van der Waals surface area contributed by atoms with E-state index in [9.17, 15) is 9.59 Å². The van der Waals surface area contributed by atoms with E-state index in [2.05, 4.69) is 0 Å². The first kappa shape index (κ1) is 14.5. The Morgan fingerprint density at radius 1 is 1.08 bits per heavy atom. The summed E-state index contributed by atoms with van der Waals surface area (Å²) in [4.78, 5) is 26.0. The average Bonchev–Trinajstić information content (AvgIpc) is 2.99. The number of carbonyl (C=O) groups excluding carboxylic acids is 2. The van der Waals surface area contributed by atoms with Gasteiger partial charge in [0.15, 0.2) is 0 Å². The fourth-order valence-electron chi connectivity index (χ4n) is 4.75. The summed E-state index contributed by atoms with van der Waals surface area (Å²) in [5, 5.41) is 0. The summed E-state index contributed by atoms with van der Waals surface area (Å²) < 4.78 is 16.4. The van der Waals surface area contributed by atoms with Crippen molar-refractivity contribution < 1.29 is 23.8 Å². The molecule has 3 aliphatic heterocycles. The largest absolute Gasteiger partial charge is 0.432 e. The van der Waals surface area contributed by atoms with Gasteiger partial charge in [0.05, 0.1) is 11.8 Å². The Balaban J connectivity index is 1.67. The highest BCUT2D eigenvalue weighted by Crippen LogP contribution is 2.68. The number of ether oxygens (including phenoxy) is 3. The van der Waals surface area contributed by atoms with Gasteiger partial charge in [-0.1, -0.05) is 24.3 Å². The fraction of sp³-hybridized carbons (Fsp3) is 0.444. The molecule has 6 heteroatoms. The maximum Gasteiger partial charge on any atom is 0.336 e. The molecule has 0 N–H and O–H groups in total. The van der Waals surface area contributed by atoms with Crippen LogP contribution in [0.15, 0.2) is 46.9 Å². The summed E-state index contributed by atoms with van der Waals surface area (Å²) in [6.45, 7) is 3.54. The van der Waals surface area contributed by atoms with E-state index < -0.39 is 16.3 Å². The minimum atomic E-state index is -1.07. The van der Waals surface area contributed by atoms with Crippen LogP contribution in [0.25, 0.3) is 0 Å². The topological polar surface area (TPSA) is 61.8 Å². The van der Waals surface area contributed by atoms with E-state index >= 15 is 0 Å². The molecule has 1 aromatic rings. The maximum atomic E-state index is 12.9. The van der Waals surface area contributed by atoms with E-state index in [1.165, 1.54) is 11.8 Å². The van der Waals surface area contributed by atoms with E-state index in [-0.39, 0.29) is 23.8 Å². The molecule has 5 rings (SSSR count). The molecule has 0 amide bonds. The fourth-order valence-corrected chi connectivity index (χ4v) is 6.24. The number of allylic oxidation sites excluding steroid dienone is 1. The predicted molar refractivity (Wildman–Crippen MR) is 84.8 cm³/mol. The first-order valence-corrected chi connectivity index (χ1v) is 8.81. The summed E-state index contributed by atoms with van der Waals surface area (Å²) in [6, 6.07) is 9.79. The number of benzene rings is 1. The predicted octanol–water partition coefficient (Wildman–Crippen LogP) is 2.66. The Morgan fingerprint density at radius 3 is 2.58 bits per heavy atom. The van der Waals surface area contributed by atoms with Crippen molar-refractivity contribution in [1.82, 2.24) is 0 Å². The highest BCUT2D eigenvalue weighted by atomic mass is 32.2. The van der Waals surface area contributed by atoms with Gasteiger partial charge in [0, 0.05) is 24.3 Å². The second-order valence-electron chi connectivity index (χ2n) is 7.04. The molecule has 0 radical (unpaired) electrons. The zero-order chi connectivity index (χ0) is 16.7. The van der Waals surface area contributed by atoms with Crippen molar-refractivity contribution in [3.63, 3.8) is 0 Å². The molecule has 0 saturated carbocycles. The molecular formula is C18H16O5S. The van der Waals surface area contributed by atoms with Gasteiger partial charge in [0.1, 0.15) is 4.75 Å². The molecule has 3 heterocycles. The monoisotopic (exact) mass is 344 g/mol. The van der Waals surface area contributed by atoms with Crippen LogP contribution in [0.2, 0.25) is 0 Å². The summed E-state index contributed by atoms with van der Waals surface area (Å²) in [6.07, 6.45) is 2.28. The van der Waals surface area contributed by atoms with Gasteiger partial charge in [-0.05, 0) is 18.6 Å². The lowest BCUT2D eigenvalue weighted by Crippen LogP contribution is -2.46. The average molecular weight is 344 g/mol. The van der Waals surface area contributed by atoms with Gasteiger partial charge in [-0.25, -0.2) is 4.79 Å². The van der Waals surface area contributed by atoms with Crippen molar-refractivity contribution in [3.05, 3.63) is 42.0 Å². The Kier molecular flexibility index (Phi) is 2.57. The highest BCUT2D eigenvalue weighted by Gasteiger charge is 2.79. The number of esters is 2. The van der Waals surface area contributed by atoms with Crippen molar-refractivity contribution in [2.75, 3.05) is 0 Å². The van der Waals surface area contributed by atoms with Gasteiger partial charge in [-0.3, -0.25) is 9.53 Å². The minimum absolute atomic E-state index is 0.265. The van der Waals surface area contributed by atoms with Crippen LogP contribution in [-0.4, -0.2) is 28.3 Å². The van der Waals surface area contributed by atoms with Crippen LogP contribution >= 0.6 is 11.8 Å². The van der Waals surface area contributed by atoms with Crippen LogP contribution in [0.5, 0.6) is 0 Å². The van der Waals surface area contributed by atoms with Crippen LogP contribution in [-0.2, 0) is 23.8 Å². The van der Waals surface area contributed by atoms with Crippen molar-refractivity contribution in [1.29, 1.82) is 0 Å². The summed E-state index contributed by atoms with van der Waals surface area (Å²) >= 11 is 1.50. The van der Waals surface area contributed by atoms with E-state index in [1.807, 2.05) is 36.4 Å². The normalized spacial score (nSPS) is 44.8. The number of hydrogen-bond acceptors (Lipinski definition) is 6. The smallest absolute Gasteiger partial charge is 0.336 e. The second kappa shape index (κ2) is 4.24. The molecule has 3 saturated heterocycles. The van der Waals surface area contributed by atoms with Gasteiger partial charge in [-0.15, -0.1) is 11.8 Å². The summed E-state index contributed by atoms with van der Waals surface area (Å²) in [5.41, 5.74) is 0.619. The van der Waals surface area contributed by atoms with Crippen LogP contribution in [0.4, 0.5) is 0 Å². The van der Waals surface area contributed by atoms with E-state index in [0.29, 0.717) is 12.0 Å². The molecule has 0 bridgehead atoms. The van der Waals surface area contributed by atoms with Crippen molar-refractivity contribution in [2.24, 2.45) is 11.8 Å². The third-order valence-corrected chi connectivity index (χ3v) is 7.01. The molecule has 24 heavy (non-hydrogen) atoms. The van der Waals surface area contributed by atoms with Crippen molar-refractivity contribution in [3.8, 4) is 0 Å². The molecule has 0 spiro atoms. The summed E-state index contributed by atoms with van der Waals surface area (Å²) in [7, 11) is 0. The lowest BCUT2D eigenvalue weighted by molar-refractivity contribution is -0.280. The highest BCUT2D eigenvalue weighted by molar-refractivity contribution is 8.01. The molecule has 5 atom stereocenters. The first-order chi connectivity index (χ1) is 11.4. The number of rotatable bonds is 2. The van der Waals surface area contributed by atoms with E-state index in [1.54, 1.807) is 13.8 Å². The van der Waals surface area contributed by atoms with E-state index in [4.69, 9.17) is 14.2 Å². The van der Waals surface area contributed by atoms with Gasteiger partial charge in [-0.2, -0.15) is 0 Å². The van der Waals surface area contributed by atoms with E-state index in [0.717, 1.165) is 4.90 Å². The van der Waals surface area contributed by atoms with Gasteiger partial charge in [0.25, 0.3) is 0 Å². The molecule has 5 nitrogen and oxygen atoms in total. The number of hydrogen-bond donors (Lipinski definition) is 0. The molecule has 124 valence electrons. The molecular weight excluding hydrogens is 328 g/mol. The van der Waals surface area contributed by atoms with Crippen LogP contribution in [0.1, 0.15) is 20.3 Å². The zero-order valence-corrected chi connectivity index (χ0v) is 14.1. The zero-order valence-electron chi connectivity index (χ0n) is 13.3. The first-order valence-electron chi connectivity index (χ1n) is 7.99. The van der Waals surface area contributed by atoms with Crippen LogP contribution in [0.3, 0.4) is 0 Å². The van der Waals surface area contributed by atoms with Gasteiger partial charge >= 0.3 is 11.9 Å². The lowest BCUT2D eigenvalue weighted by atomic mass is 9.69. The standard InChI is InChI=1S/C18H16O5S/c1-16-12-11(14(19)21-16)8-9-18(24-10-6-4-3-5-7-10)13(12)17(2,23-16)22-15(18)20/h3-8,12-13H,9H2,1-2H3/t12-,13+,16+,17-,18-/m0/s1. The Morgan fingerprint density at radius 2 is 1.83 bits per heavy atom. The third kappa shape index (κ3) is 1.56. The van der Waals surface area contributed by atoms with Gasteiger partial charge in [0.2, 0.25) is 11.6 Å². The number of carbonyl (C=O) groups is 2. The second-order valence-corrected chi connectivity index (χ2v) is 8.44. The van der Waals surface area contributed by atoms with Crippen molar-refractivity contribution in [2.45, 2.75) is 41.5 Å². The molecule has 4 aliphatic rings. The van der Waals surface area contributed by atoms with Crippen LogP contribution < -0.4 is 0 Å². The van der Waals surface area contributed by atoms with Crippen molar-refractivity contribution >= 4 is 23.7 Å². The SMILES string of the molecule is C[C@]12OC(=O)[C@]3(Sc4ccccc4)CC=C4C(=O)O[C@](C)(O1)[C@@H]4[C@H]23. The number of thioether (sulfide) groups is 1. The Labute approximate surface area is 143 Å². The molecule has 0 aromatic heterocycles. The Bertz CT molecular complexity index is 805. The van der Waals surface area contributed by atoms with Gasteiger partial charge < -0.3 is 9.47 Å². The molecule has 3 fully saturated rings. The Hall–Kier alpha value is -1.79. The molecule has 1 aliphatic carbocycles. The minimum Gasteiger partial charge on any atom is -0.432 e.